The summed E-state index contributed by atoms with van der Waals surface area (Å²) in [6.07, 6.45) is 0. The molecule has 0 atom stereocenters. The van der Waals surface area contributed by atoms with Gasteiger partial charge in [0.2, 0.25) is 0 Å². The minimum Gasteiger partial charge on any atom is -0.399 e. The Hall–Kier alpha value is -0.560. The third kappa shape index (κ3) is 2.71. The number of thioether (sulfide) groups is 1. The third-order valence-electron chi connectivity index (χ3n) is 2.35. The lowest BCUT2D eigenvalue weighted by Gasteiger charge is -1.92. The van der Waals surface area contributed by atoms with Gasteiger partial charge in [-0.3, -0.25) is 0 Å². The van der Waals surface area contributed by atoms with E-state index in [2.05, 4.69) is 32.4 Å². The van der Waals surface area contributed by atoms with Gasteiger partial charge in [0, 0.05) is 26.2 Å². The summed E-state index contributed by atoms with van der Waals surface area (Å²) in [5, 5.41) is 2.11. The zero-order chi connectivity index (χ0) is 12.5. The molecule has 0 fully saturated rings. The molecule has 0 amide bonds. The van der Waals surface area contributed by atoms with Crippen LogP contribution >= 0.6 is 50.4 Å². The summed E-state index contributed by atoms with van der Waals surface area (Å²) in [5.74, 6) is 0.964. The maximum absolute atomic E-state index is 5.77. The van der Waals surface area contributed by atoms with E-state index in [4.69, 9.17) is 5.73 Å². The molecule has 3 rings (SSSR count). The van der Waals surface area contributed by atoms with Crippen molar-refractivity contribution < 1.29 is 0 Å². The van der Waals surface area contributed by atoms with Gasteiger partial charge >= 0.3 is 0 Å². The SMILES string of the molecule is Nc1ccc2nc(SCc3cc(Br)cs3)sc2c1. The Bertz CT molecular complexity index is 690. The molecule has 0 saturated carbocycles. The first kappa shape index (κ1) is 12.5. The number of halogens is 1. The molecule has 1 aromatic carbocycles. The van der Waals surface area contributed by atoms with E-state index in [1.54, 1.807) is 34.4 Å². The highest BCUT2D eigenvalue weighted by Crippen LogP contribution is 2.34. The van der Waals surface area contributed by atoms with Gasteiger partial charge in [-0.15, -0.1) is 22.7 Å². The zero-order valence-corrected chi connectivity index (χ0v) is 13.3. The van der Waals surface area contributed by atoms with Gasteiger partial charge in [-0.1, -0.05) is 11.8 Å². The first-order valence-electron chi connectivity index (χ1n) is 5.22. The number of rotatable bonds is 3. The lowest BCUT2D eigenvalue weighted by atomic mass is 10.3. The van der Waals surface area contributed by atoms with Gasteiger partial charge in [0.05, 0.1) is 10.2 Å². The van der Waals surface area contributed by atoms with Crippen LogP contribution in [0.3, 0.4) is 0 Å². The van der Waals surface area contributed by atoms with Gasteiger partial charge in [0.25, 0.3) is 0 Å². The number of anilines is 1. The normalized spacial score (nSPS) is 11.2. The summed E-state index contributed by atoms with van der Waals surface area (Å²) in [5.41, 5.74) is 7.60. The van der Waals surface area contributed by atoms with Crippen molar-refractivity contribution in [3.63, 3.8) is 0 Å². The van der Waals surface area contributed by atoms with Crippen molar-refractivity contribution in [3.8, 4) is 0 Å². The summed E-state index contributed by atoms with van der Waals surface area (Å²) in [4.78, 5) is 5.95. The number of benzene rings is 1. The highest BCUT2D eigenvalue weighted by molar-refractivity contribution is 9.10. The minimum atomic E-state index is 0.796. The maximum Gasteiger partial charge on any atom is 0.151 e. The molecule has 0 bridgehead atoms. The van der Waals surface area contributed by atoms with Crippen LogP contribution in [0.4, 0.5) is 5.69 Å². The quantitative estimate of drug-likeness (QED) is 0.530. The molecule has 0 aliphatic rings. The molecular formula is C12H9BrN2S3. The Morgan fingerprint density at radius 3 is 3.00 bits per heavy atom. The second-order valence-electron chi connectivity index (χ2n) is 3.73. The number of nitrogen functional groups attached to an aromatic ring is 1. The topological polar surface area (TPSA) is 38.9 Å². The molecule has 0 aliphatic carbocycles. The predicted octanol–water partition coefficient (Wildman–Crippen LogP) is 4.99. The largest absolute Gasteiger partial charge is 0.399 e. The van der Waals surface area contributed by atoms with E-state index in [1.807, 2.05) is 18.2 Å². The van der Waals surface area contributed by atoms with E-state index in [-0.39, 0.29) is 0 Å². The predicted molar refractivity (Wildman–Crippen MR) is 85.6 cm³/mol. The summed E-state index contributed by atoms with van der Waals surface area (Å²) < 4.78 is 3.41. The van der Waals surface area contributed by atoms with Gasteiger partial charge in [-0.2, -0.15) is 0 Å². The Morgan fingerprint density at radius 2 is 2.22 bits per heavy atom. The van der Waals surface area contributed by atoms with Gasteiger partial charge in [0.1, 0.15) is 0 Å². The first-order chi connectivity index (χ1) is 8.70. The molecule has 2 heterocycles. The number of thiazole rings is 1. The minimum absolute atomic E-state index is 0.796. The average Bonchev–Trinajstić information content (AvgIpc) is 2.92. The van der Waals surface area contributed by atoms with Gasteiger partial charge in [-0.25, -0.2) is 4.98 Å². The van der Waals surface area contributed by atoms with E-state index in [1.165, 1.54) is 4.88 Å². The highest BCUT2D eigenvalue weighted by Gasteiger charge is 2.06. The Balaban J connectivity index is 1.78. The lowest BCUT2D eigenvalue weighted by Crippen LogP contribution is -1.81. The standard InChI is InChI=1S/C12H9BrN2S3/c13-7-3-9(16-5-7)6-17-12-15-10-2-1-8(14)4-11(10)18-12/h1-5H,6,14H2. The van der Waals surface area contributed by atoms with Crippen LogP contribution in [-0.4, -0.2) is 4.98 Å². The molecule has 2 aromatic heterocycles. The Labute approximate surface area is 125 Å². The van der Waals surface area contributed by atoms with Crippen molar-refractivity contribution in [1.82, 2.24) is 4.98 Å². The number of hydrogen-bond acceptors (Lipinski definition) is 5. The molecule has 18 heavy (non-hydrogen) atoms. The summed E-state index contributed by atoms with van der Waals surface area (Å²) in [6.45, 7) is 0. The highest BCUT2D eigenvalue weighted by atomic mass is 79.9. The van der Waals surface area contributed by atoms with Gasteiger partial charge < -0.3 is 5.73 Å². The molecular weight excluding hydrogens is 348 g/mol. The summed E-state index contributed by atoms with van der Waals surface area (Å²) in [7, 11) is 0. The van der Waals surface area contributed by atoms with Crippen LogP contribution in [0.2, 0.25) is 0 Å². The fraction of sp³-hybridized carbons (Fsp3) is 0.0833. The molecule has 0 radical (unpaired) electrons. The van der Waals surface area contributed by atoms with E-state index in [9.17, 15) is 0 Å². The fourth-order valence-corrected chi connectivity index (χ4v) is 5.17. The number of hydrogen-bond donors (Lipinski definition) is 1. The van der Waals surface area contributed by atoms with Crippen LogP contribution in [0.25, 0.3) is 10.2 Å². The summed E-state index contributed by atoms with van der Waals surface area (Å²) >= 11 is 8.71. The average molecular weight is 357 g/mol. The van der Waals surface area contributed by atoms with Gasteiger partial charge in [-0.05, 0) is 40.2 Å². The van der Waals surface area contributed by atoms with E-state index in [0.29, 0.717) is 0 Å². The molecule has 0 unspecified atom stereocenters. The van der Waals surface area contributed by atoms with Crippen LogP contribution in [0, 0.1) is 0 Å². The monoisotopic (exact) mass is 356 g/mol. The van der Waals surface area contributed by atoms with Crippen molar-refractivity contribution in [3.05, 3.63) is 39.0 Å². The third-order valence-corrected chi connectivity index (χ3v) is 6.44. The van der Waals surface area contributed by atoms with E-state index < -0.39 is 0 Å². The summed E-state index contributed by atoms with van der Waals surface area (Å²) in [6, 6.07) is 8.02. The van der Waals surface area contributed by atoms with Crippen LogP contribution in [0.15, 0.2) is 38.5 Å². The zero-order valence-electron chi connectivity index (χ0n) is 9.22. The lowest BCUT2D eigenvalue weighted by molar-refractivity contribution is 1.30. The molecule has 2 nitrogen and oxygen atoms in total. The second-order valence-corrected chi connectivity index (χ2v) is 7.89. The molecule has 6 heteroatoms. The van der Waals surface area contributed by atoms with Crippen molar-refractivity contribution in [1.29, 1.82) is 0 Å². The van der Waals surface area contributed by atoms with Crippen molar-refractivity contribution in [2.45, 2.75) is 10.1 Å². The molecule has 92 valence electrons. The molecule has 3 aromatic rings. The Kier molecular flexibility index (Phi) is 3.61. The van der Waals surface area contributed by atoms with Crippen LogP contribution in [0.1, 0.15) is 4.88 Å². The van der Waals surface area contributed by atoms with Crippen molar-refractivity contribution >= 4 is 66.3 Å². The van der Waals surface area contributed by atoms with E-state index >= 15 is 0 Å². The van der Waals surface area contributed by atoms with Crippen molar-refractivity contribution in [2.75, 3.05) is 5.73 Å². The number of fused-ring (bicyclic) bond motifs is 1. The van der Waals surface area contributed by atoms with Gasteiger partial charge in [0.15, 0.2) is 4.34 Å². The molecule has 2 N–H and O–H groups in total. The number of nitrogens with two attached hydrogens (primary N) is 1. The molecule has 0 saturated heterocycles. The maximum atomic E-state index is 5.77. The van der Waals surface area contributed by atoms with E-state index in [0.717, 1.165) is 30.5 Å². The molecule has 0 spiro atoms. The van der Waals surface area contributed by atoms with Crippen LogP contribution in [-0.2, 0) is 5.75 Å². The number of aromatic nitrogens is 1. The van der Waals surface area contributed by atoms with Crippen molar-refractivity contribution in [2.24, 2.45) is 0 Å². The number of thiophene rings is 1. The van der Waals surface area contributed by atoms with Crippen LogP contribution < -0.4 is 5.73 Å². The Morgan fingerprint density at radius 1 is 1.33 bits per heavy atom. The smallest absolute Gasteiger partial charge is 0.151 e. The first-order valence-corrected chi connectivity index (χ1v) is 8.70. The second kappa shape index (κ2) is 5.21. The number of nitrogens with zero attached hydrogens (tertiary/aromatic N) is 1. The van der Waals surface area contributed by atoms with Crippen LogP contribution in [0.5, 0.6) is 0 Å². The molecule has 0 aliphatic heterocycles. The fourth-order valence-electron chi connectivity index (χ4n) is 1.54.